The third kappa shape index (κ3) is 4.76. The van der Waals surface area contributed by atoms with Crippen LogP contribution in [0.2, 0.25) is 5.02 Å². The molecule has 27 heavy (non-hydrogen) atoms. The van der Waals surface area contributed by atoms with Crippen LogP contribution in [-0.4, -0.2) is 17.7 Å². The lowest BCUT2D eigenvalue weighted by atomic mass is 10.2. The maximum absolute atomic E-state index is 12.9. The Labute approximate surface area is 156 Å². The van der Waals surface area contributed by atoms with Gasteiger partial charge in [0.2, 0.25) is 5.91 Å². The number of nitrogens with one attached hydrogen (secondary N) is 1. The number of nitrogen functional groups attached to an aromatic ring is 1. The fraction of sp³-hybridized carbons (Fsp3) is 0.118. The van der Waals surface area contributed by atoms with E-state index >= 15 is 0 Å². The van der Waals surface area contributed by atoms with E-state index in [9.17, 15) is 27.6 Å². The summed E-state index contributed by atoms with van der Waals surface area (Å²) in [6.07, 6.45) is -4.74. The lowest BCUT2D eigenvalue weighted by Gasteiger charge is -2.19. The molecule has 0 aliphatic rings. The third-order valence-corrected chi connectivity index (χ3v) is 3.72. The number of alkyl halides is 3. The van der Waals surface area contributed by atoms with Gasteiger partial charge in [-0.2, -0.15) is 13.2 Å². The number of nitrogens with zero attached hydrogens (tertiary/aromatic N) is 1. The third-order valence-electron chi connectivity index (χ3n) is 3.39. The first-order valence-electron chi connectivity index (χ1n) is 7.39. The van der Waals surface area contributed by atoms with Crippen LogP contribution in [0.4, 0.5) is 30.2 Å². The number of rotatable bonds is 2. The predicted molar refractivity (Wildman–Crippen MR) is 94.1 cm³/mol. The van der Waals surface area contributed by atoms with Crippen molar-refractivity contribution in [1.82, 2.24) is 0 Å². The van der Waals surface area contributed by atoms with Gasteiger partial charge in [-0.1, -0.05) is 11.6 Å². The van der Waals surface area contributed by atoms with Gasteiger partial charge in [-0.25, -0.2) is 4.90 Å². The number of carbonyl (C=O) groups is 3. The molecule has 3 amide bonds. The summed E-state index contributed by atoms with van der Waals surface area (Å²) in [7, 11) is 0. The second-order valence-electron chi connectivity index (χ2n) is 5.40. The lowest BCUT2D eigenvalue weighted by Crippen LogP contribution is -2.42. The molecule has 0 heterocycles. The summed E-state index contributed by atoms with van der Waals surface area (Å²) < 4.78 is 38.7. The average molecular weight is 400 g/mol. The molecule has 0 aliphatic carbocycles. The van der Waals surface area contributed by atoms with Gasteiger partial charge in [0.1, 0.15) is 0 Å². The van der Waals surface area contributed by atoms with E-state index in [4.69, 9.17) is 17.3 Å². The first-order valence-corrected chi connectivity index (χ1v) is 7.77. The zero-order chi connectivity index (χ0) is 20.4. The van der Waals surface area contributed by atoms with Gasteiger partial charge in [0.25, 0.3) is 0 Å². The number of carbonyl (C=O) groups excluding carboxylic acids is 3. The molecule has 2 aromatic carbocycles. The van der Waals surface area contributed by atoms with Crippen LogP contribution in [0.5, 0.6) is 0 Å². The number of hydrogen-bond acceptors (Lipinski definition) is 4. The van der Waals surface area contributed by atoms with Crippen LogP contribution in [0.15, 0.2) is 42.5 Å². The second-order valence-corrected chi connectivity index (χ2v) is 5.80. The Morgan fingerprint density at radius 1 is 1.07 bits per heavy atom. The normalized spacial score (nSPS) is 11.0. The fourth-order valence-corrected chi connectivity index (χ4v) is 2.40. The number of nitrogens with two attached hydrogens (primary N) is 1. The Hall–Kier alpha value is -3.07. The highest BCUT2D eigenvalue weighted by Gasteiger charge is 2.34. The highest BCUT2D eigenvalue weighted by atomic mass is 35.5. The first-order chi connectivity index (χ1) is 12.5. The van der Waals surface area contributed by atoms with Crippen LogP contribution in [0.25, 0.3) is 0 Å². The van der Waals surface area contributed by atoms with Gasteiger partial charge in [-0.15, -0.1) is 0 Å². The number of benzene rings is 2. The molecule has 6 nitrogen and oxygen atoms in total. The predicted octanol–water partition coefficient (Wildman–Crippen LogP) is 3.46. The molecule has 0 radical (unpaired) electrons. The first kappa shape index (κ1) is 20.2. The average Bonchev–Trinajstić information content (AvgIpc) is 2.57. The molecule has 0 spiro atoms. The largest absolute Gasteiger partial charge is 0.417 e. The molecule has 2 rings (SSSR count). The summed E-state index contributed by atoms with van der Waals surface area (Å²) >= 11 is 5.50. The van der Waals surface area contributed by atoms with Crippen molar-refractivity contribution in [1.29, 1.82) is 0 Å². The summed E-state index contributed by atoms with van der Waals surface area (Å²) in [6.45, 7) is 1.06. The molecule has 0 saturated heterocycles. The van der Waals surface area contributed by atoms with E-state index < -0.39 is 34.5 Å². The van der Waals surface area contributed by atoms with Crippen molar-refractivity contribution in [2.75, 3.05) is 16.0 Å². The summed E-state index contributed by atoms with van der Waals surface area (Å²) in [5.74, 6) is -3.32. The van der Waals surface area contributed by atoms with Crippen molar-refractivity contribution in [2.24, 2.45) is 0 Å². The van der Waals surface area contributed by atoms with E-state index in [1.54, 1.807) is 0 Å². The molecule has 0 atom stereocenters. The number of anilines is 3. The van der Waals surface area contributed by atoms with Crippen LogP contribution >= 0.6 is 11.6 Å². The number of imide groups is 1. The molecule has 0 aromatic heterocycles. The minimum Gasteiger partial charge on any atom is -0.399 e. The smallest absolute Gasteiger partial charge is 0.399 e. The van der Waals surface area contributed by atoms with Crippen LogP contribution in [-0.2, 0) is 20.6 Å². The fourth-order valence-electron chi connectivity index (χ4n) is 2.17. The Morgan fingerprint density at radius 3 is 2.19 bits per heavy atom. The number of halogens is 4. The van der Waals surface area contributed by atoms with Gasteiger partial charge in [-0.05, 0) is 42.5 Å². The van der Waals surface area contributed by atoms with Crippen LogP contribution in [0, 0.1) is 0 Å². The topological polar surface area (TPSA) is 92.5 Å². The van der Waals surface area contributed by atoms with E-state index in [-0.39, 0.29) is 11.4 Å². The molecule has 0 saturated carbocycles. The summed E-state index contributed by atoms with van der Waals surface area (Å²) in [6, 6.07) is 8.18. The van der Waals surface area contributed by atoms with Crippen molar-refractivity contribution in [3.05, 3.63) is 53.1 Å². The van der Waals surface area contributed by atoms with Crippen molar-refractivity contribution in [3.8, 4) is 0 Å². The van der Waals surface area contributed by atoms with E-state index in [0.717, 1.165) is 19.1 Å². The molecular weight excluding hydrogens is 387 g/mol. The quantitative estimate of drug-likeness (QED) is 0.597. The Balaban J connectivity index is 2.27. The SMILES string of the molecule is CC(=O)N(C(=O)C(=O)Nc1ccc(Cl)c(C(F)(F)F)c1)c1ccc(N)cc1. The van der Waals surface area contributed by atoms with E-state index in [1.807, 2.05) is 5.32 Å². The molecule has 10 heteroatoms. The lowest BCUT2D eigenvalue weighted by molar-refractivity contribution is -0.137. The Kier molecular flexibility index (Phi) is 5.75. The highest BCUT2D eigenvalue weighted by molar-refractivity contribution is 6.48. The minimum atomic E-state index is -4.74. The molecule has 3 N–H and O–H groups in total. The molecule has 0 aliphatic heterocycles. The van der Waals surface area contributed by atoms with Crippen molar-refractivity contribution in [3.63, 3.8) is 0 Å². The summed E-state index contributed by atoms with van der Waals surface area (Å²) in [5.41, 5.74) is 4.52. The van der Waals surface area contributed by atoms with Crippen LogP contribution in [0.3, 0.4) is 0 Å². The van der Waals surface area contributed by atoms with Gasteiger partial charge in [0, 0.05) is 18.3 Å². The maximum Gasteiger partial charge on any atom is 0.417 e. The standard InChI is InChI=1S/C17H13ClF3N3O3/c1-9(25)24(12-5-2-10(22)3-6-12)16(27)15(26)23-11-4-7-14(18)13(8-11)17(19,20)21/h2-8H,22H2,1H3,(H,23,26). The molecule has 0 unspecified atom stereocenters. The molecule has 0 fully saturated rings. The number of hydrogen-bond donors (Lipinski definition) is 2. The molecule has 0 bridgehead atoms. The summed E-state index contributed by atoms with van der Waals surface area (Å²) in [5, 5.41) is 1.48. The Bertz CT molecular complexity index is 899. The second kappa shape index (κ2) is 7.67. The maximum atomic E-state index is 12.9. The minimum absolute atomic E-state index is 0.0870. The molecular formula is C17H13ClF3N3O3. The summed E-state index contributed by atoms with van der Waals surface area (Å²) in [4.78, 5) is 36.9. The van der Waals surface area contributed by atoms with Gasteiger partial charge in [0.05, 0.1) is 16.3 Å². The van der Waals surface area contributed by atoms with Gasteiger partial charge in [-0.3, -0.25) is 14.4 Å². The van der Waals surface area contributed by atoms with Crippen LogP contribution < -0.4 is 16.0 Å². The molecule has 2 aromatic rings. The Morgan fingerprint density at radius 2 is 1.67 bits per heavy atom. The highest BCUT2D eigenvalue weighted by Crippen LogP contribution is 2.36. The van der Waals surface area contributed by atoms with E-state index in [0.29, 0.717) is 16.7 Å². The van der Waals surface area contributed by atoms with Gasteiger partial charge in [0.15, 0.2) is 0 Å². The zero-order valence-corrected chi connectivity index (χ0v) is 14.6. The van der Waals surface area contributed by atoms with Crippen molar-refractivity contribution in [2.45, 2.75) is 13.1 Å². The zero-order valence-electron chi connectivity index (χ0n) is 13.8. The van der Waals surface area contributed by atoms with Crippen molar-refractivity contribution < 1.29 is 27.6 Å². The van der Waals surface area contributed by atoms with E-state index in [1.165, 1.54) is 24.3 Å². The van der Waals surface area contributed by atoms with Gasteiger partial charge < -0.3 is 11.1 Å². The van der Waals surface area contributed by atoms with Crippen molar-refractivity contribution >= 4 is 46.4 Å². The van der Waals surface area contributed by atoms with E-state index in [2.05, 4.69) is 0 Å². The number of amides is 3. The molecule has 142 valence electrons. The van der Waals surface area contributed by atoms with Gasteiger partial charge >= 0.3 is 18.0 Å². The van der Waals surface area contributed by atoms with Crippen LogP contribution in [0.1, 0.15) is 12.5 Å². The monoisotopic (exact) mass is 399 g/mol.